The number of carbonyl (C=O) groups is 2. The maximum Gasteiger partial charge on any atom is 0.345 e. The van der Waals surface area contributed by atoms with Gasteiger partial charge in [-0.25, -0.2) is 4.79 Å². The van der Waals surface area contributed by atoms with Crippen LogP contribution in [0.1, 0.15) is 31.1 Å². The first kappa shape index (κ1) is 12.2. The van der Waals surface area contributed by atoms with E-state index in [-0.39, 0.29) is 17.3 Å². The van der Waals surface area contributed by atoms with Gasteiger partial charge in [0, 0.05) is 6.92 Å². The minimum Gasteiger partial charge on any atom is -0.477 e. The van der Waals surface area contributed by atoms with Crippen LogP contribution in [-0.2, 0) is 6.54 Å². The highest BCUT2D eigenvalue weighted by Gasteiger charge is 2.13. The molecule has 0 aliphatic heterocycles. The van der Waals surface area contributed by atoms with E-state index in [0.717, 1.165) is 11.3 Å². The predicted molar refractivity (Wildman–Crippen MR) is 61.5 cm³/mol. The van der Waals surface area contributed by atoms with Crippen molar-refractivity contribution in [2.24, 2.45) is 0 Å². The minimum absolute atomic E-state index is 0.121. The van der Waals surface area contributed by atoms with Crippen LogP contribution in [0.5, 0.6) is 0 Å². The summed E-state index contributed by atoms with van der Waals surface area (Å²) in [4.78, 5) is 26.7. The van der Waals surface area contributed by atoms with Crippen molar-refractivity contribution < 1.29 is 19.2 Å². The number of nitrogens with zero attached hydrogens (tertiary/aromatic N) is 2. The largest absolute Gasteiger partial charge is 0.477 e. The fourth-order valence-corrected chi connectivity index (χ4v) is 2.00. The van der Waals surface area contributed by atoms with Crippen LogP contribution >= 0.6 is 11.3 Å². The predicted octanol–water partition coefficient (Wildman–Crippen LogP) is 1.07. The molecular weight excluding hydrogens is 258 g/mol. The van der Waals surface area contributed by atoms with Crippen LogP contribution in [0.4, 0.5) is 0 Å². The lowest BCUT2D eigenvalue weighted by Gasteiger charge is -1.98. The Balaban J connectivity index is 1.97. The number of carboxylic acid groups (broad SMARTS) is 1. The number of aromatic nitrogens is 2. The Bertz CT molecular complexity index is 589. The highest BCUT2D eigenvalue weighted by Crippen LogP contribution is 2.16. The van der Waals surface area contributed by atoms with Crippen molar-refractivity contribution >= 4 is 23.2 Å². The van der Waals surface area contributed by atoms with Gasteiger partial charge in [-0.05, 0) is 12.1 Å². The Kier molecular flexibility index (Phi) is 3.38. The van der Waals surface area contributed by atoms with Crippen LogP contribution in [0, 0.1) is 6.92 Å². The summed E-state index contributed by atoms with van der Waals surface area (Å²) in [5.41, 5.74) is 0. The van der Waals surface area contributed by atoms with Gasteiger partial charge in [0.15, 0.2) is 5.82 Å². The molecule has 0 unspecified atom stereocenters. The van der Waals surface area contributed by atoms with Crippen LogP contribution < -0.4 is 5.32 Å². The van der Waals surface area contributed by atoms with Gasteiger partial charge in [0.05, 0.1) is 11.4 Å². The van der Waals surface area contributed by atoms with Crippen LogP contribution in [0.2, 0.25) is 0 Å². The lowest BCUT2D eigenvalue weighted by Crippen LogP contribution is -2.22. The van der Waals surface area contributed by atoms with E-state index in [9.17, 15) is 9.59 Å². The maximum absolute atomic E-state index is 11.7. The van der Waals surface area contributed by atoms with Gasteiger partial charge in [-0.2, -0.15) is 4.98 Å². The molecule has 94 valence electrons. The molecular formula is C10H9N3O4S. The molecule has 0 fully saturated rings. The minimum atomic E-state index is -1.05. The number of hydrogen-bond donors (Lipinski definition) is 2. The summed E-state index contributed by atoms with van der Waals surface area (Å²) in [7, 11) is 0. The second-order valence-electron chi connectivity index (χ2n) is 3.38. The molecule has 0 aliphatic carbocycles. The average Bonchev–Trinajstić information content (AvgIpc) is 2.94. The first-order valence-corrected chi connectivity index (χ1v) is 5.78. The molecule has 2 aromatic rings. The van der Waals surface area contributed by atoms with Crippen LogP contribution in [0.25, 0.3) is 0 Å². The molecule has 2 rings (SSSR count). The van der Waals surface area contributed by atoms with Crippen LogP contribution in [0.3, 0.4) is 0 Å². The third kappa shape index (κ3) is 2.72. The van der Waals surface area contributed by atoms with Gasteiger partial charge in [0.2, 0.25) is 5.89 Å². The average molecular weight is 267 g/mol. The Morgan fingerprint density at radius 2 is 2.17 bits per heavy atom. The van der Waals surface area contributed by atoms with Crippen molar-refractivity contribution in [1.82, 2.24) is 15.5 Å². The second kappa shape index (κ2) is 4.96. The number of nitrogens with one attached hydrogen (secondary N) is 1. The van der Waals surface area contributed by atoms with E-state index in [0.29, 0.717) is 16.6 Å². The SMILES string of the molecule is Cc1nc(CNC(=O)c2ccc(C(=O)O)s2)no1. The van der Waals surface area contributed by atoms with E-state index >= 15 is 0 Å². The van der Waals surface area contributed by atoms with Crippen LogP contribution in [-0.4, -0.2) is 27.1 Å². The van der Waals surface area contributed by atoms with E-state index in [4.69, 9.17) is 9.63 Å². The number of aryl methyl sites for hydroxylation is 1. The summed E-state index contributed by atoms with van der Waals surface area (Å²) in [6, 6.07) is 2.85. The molecule has 2 N–H and O–H groups in total. The molecule has 0 saturated carbocycles. The number of carboxylic acids is 1. The molecule has 2 heterocycles. The summed E-state index contributed by atoms with van der Waals surface area (Å²) in [6.45, 7) is 1.78. The van der Waals surface area contributed by atoms with Gasteiger partial charge in [-0.15, -0.1) is 11.3 Å². The zero-order valence-electron chi connectivity index (χ0n) is 9.34. The van der Waals surface area contributed by atoms with Gasteiger partial charge >= 0.3 is 5.97 Å². The summed E-state index contributed by atoms with van der Waals surface area (Å²) >= 11 is 0.914. The van der Waals surface area contributed by atoms with Crippen molar-refractivity contribution in [2.75, 3.05) is 0 Å². The Hall–Kier alpha value is -2.22. The van der Waals surface area contributed by atoms with Crippen molar-refractivity contribution in [2.45, 2.75) is 13.5 Å². The van der Waals surface area contributed by atoms with Crippen molar-refractivity contribution in [1.29, 1.82) is 0 Å². The zero-order valence-corrected chi connectivity index (χ0v) is 10.2. The van der Waals surface area contributed by atoms with Crippen molar-refractivity contribution in [3.8, 4) is 0 Å². The molecule has 2 aromatic heterocycles. The van der Waals surface area contributed by atoms with Gasteiger partial charge in [-0.3, -0.25) is 4.79 Å². The van der Waals surface area contributed by atoms with Crippen molar-refractivity contribution in [3.63, 3.8) is 0 Å². The van der Waals surface area contributed by atoms with Gasteiger partial charge in [0.25, 0.3) is 5.91 Å². The number of aromatic carboxylic acids is 1. The van der Waals surface area contributed by atoms with E-state index in [1.165, 1.54) is 12.1 Å². The number of carbonyl (C=O) groups excluding carboxylic acids is 1. The molecule has 0 atom stereocenters. The topological polar surface area (TPSA) is 105 Å². The molecule has 0 spiro atoms. The lowest BCUT2D eigenvalue weighted by atomic mass is 10.4. The molecule has 8 heteroatoms. The summed E-state index contributed by atoms with van der Waals surface area (Å²) < 4.78 is 4.75. The molecule has 18 heavy (non-hydrogen) atoms. The summed E-state index contributed by atoms with van der Waals surface area (Å²) in [5.74, 6) is -0.623. The van der Waals surface area contributed by atoms with E-state index in [1.54, 1.807) is 6.92 Å². The highest BCUT2D eigenvalue weighted by atomic mass is 32.1. The molecule has 0 radical (unpaired) electrons. The normalized spacial score (nSPS) is 10.3. The monoisotopic (exact) mass is 267 g/mol. The maximum atomic E-state index is 11.7. The quantitative estimate of drug-likeness (QED) is 0.858. The van der Waals surface area contributed by atoms with Crippen molar-refractivity contribution in [3.05, 3.63) is 33.6 Å². The molecule has 0 saturated heterocycles. The Morgan fingerprint density at radius 3 is 2.72 bits per heavy atom. The zero-order chi connectivity index (χ0) is 13.1. The second-order valence-corrected chi connectivity index (χ2v) is 4.47. The number of hydrogen-bond acceptors (Lipinski definition) is 6. The van der Waals surface area contributed by atoms with E-state index in [2.05, 4.69) is 15.5 Å². The number of rotatable bonds is 4. The summed E-state index contributed by atoms with van der Waals surface area (Å²) in [5, 5.41) is 14.9. The smallest absolute Gasteiger partial charge is 0.345 e. The molecule has 0 aromatic carbocycles. The molecule has 7 nitrogen and oxygen atoms in total. The summed E-state index contributed by atoms with van der Waals surface area (Å²) in [6.07, 6.45) is 0. The molecule has 1 amide bonds. The van der Waals surface area contributed by atoms with Crippen LogP contribution in [0.15, 0.2) is 16.7 Å². The van der Waals surface area contributed by atoms with Gasteiger partial charge in [-0.1, -0.05) is 5.16 Å². The molecule has 0 bridgehead atoms. The van der Waals surface area contributed by atoms with E-state index in [1.807, 2.05) is 0 Å². The fourth-order valence-electron chi connectivity index (χ4n) is 1.23. The first-order chi connectivity index (χ1) is 8.56. The van der Waals surface area contributed by atoms with Gasteiger partial charge in [0.1, 0.15) is 4.88 Å². The number of thiophene rings is 1. The Morgan fingerprint density at radius 1 is 1.44 bits per heavy atom. The Labute approximate surface area is 105 Å². The lowest BCUT2D eigenvalue weighted by molar-refractivity contribution is 0.0702. The third-order valence-electron chi connectivity index (χ3n) is 2.02. The van der Waals surface area contributed by atoms with Gasteiger partial charge < -0.3 is 14.9 Å². The first-order valence-electron chi connectivity index (χ1n) is 4.97. The highest BCUT2D eigenvalue weighted by molar-refractivity contribution is 7.15. The standard InChI is InChI=1S/C10H9N3O4S/c1-5-12-8(13-17-5)4-11-9(14)6-2-3-7(18-6)10(15)16/h2-3H,4H2,1H3,(H,11,14)(H,15,16). The molecule has 0 aliphatic rings. The third-order valence-corrected chi connectivity index (χ3v) is 3.09. The number of amides is 1. The fraction of sp³-hybridized carbons (Fsp3) is 0.200. The van der Waals surface area contributed by atoms with E-state index < -0.39 is 5.97 Å².